The molecule has 1 aromatic heterocycles. The van der Waals surface area contributed by atoms with Crippen molar-refractivity contribution >= 4 is 23.2 Å². The third-order valence-electron chi connectivity index (χ3n) is 2.91. The van der Waals surface area contributed by atoms with Gasteiger partial charge in [-0.05, 0) is 0 Å². The lowest BCUT2D eigenvalue weighted by atomic mass is 10.1. The Morgan fingerprint density at radius 2 is 0.900 bits per heavy atom. The molecule has 0 aliphatic heterocycles. The summed E-state index contributed by atoms with van der Waals surface area (Å²) in [6, 6.07) is 19.3. The van der Waals surface area contributed by atoms with Gasteiger partial charge in [0, 0.05) is 11.1 Å². The fraction of sp³-hybridized carbons (Fsp3) is 0. The highest BCUT2D eigenvalue weighted by molar-refractivity contribution is 6.34. The molecule has 0 saturated carbocycles. The molecular formula is C16H10Cl2N2. The molecule has 3 aromatic rings. The number of halogens is 2. The van der Waals surface area contributed by atoms with Crippen LogP contribution in [0.5, 0.6) is 0 Å². The van der Waals surface area contributed by atoms with Crippen LogP contribution >= 0.6 is 23.2 Å². The smallest absolute Gasteiger partial charge is 0.156 e. The van der Waals surface area contributed by atoms with Gasteiger partial charge in [-0.3, -0.25) is 0 Å². The van der Waals surface area contributed by atoms with E-state index in [1.807, 2.05) is 60.7 Å². The lowest BCUT2D eigenvalue weighted by Crippen LogP contribution is -1.94. The molecule has 4 heteroatoms. The number of hydrogen-bond acceptors (Lipinski definition) is 2. The summed E-state index contributed by atoms with van der Waals surface area (Å²) in [5.41, 5.74) is 2.98. The van der Waals surface area contributed by atoms with Crippen molar-refractivity contribution in [3.05, 3.63) is 71.0 Å². The third-order valence-corrected chi connectivity index (χ3v) is 3.43. The molecule has 2 nitrogen and oxygen atoms in total. The normalized spacial score (nSPS) is 10.5. The van der Waals surface area contributed by atoms with E-state index in [2.05, 4.69) is 9.97 Å². The van der Waals surface area contributed by atoms with E-state index in [4.69, 9.17) is 23.2 Å². The van der Waals surface area contributed by atoms with Crippen LogP contribution in [0, 0.1) is 0 Å². The molecular weight excluding hydrogens is 291 g/mol. The van der Waals surface area contributed by atoms with Crippen molar-refractivity contribution in [3.8, 4) is 22.5 Å². The second kappa shape index (κ2) is 5.61. The summed E-state index contributed by atoms with van der Waals surface area (Å²) >= 11 is 12.5. The van der Waals surface area contributed by atoms with Crippen LogP contribution in [0.25, 0.3) is 22.5 Å². The quantitative estimate of drug-likeness (QED) is 0.656. The predicted octanol–water partition coefficient (Wildman–Crippen LogP) is 5.12. The molecule has 0 aliphatic carbocycles. The zero-order chi connectivity index (χ0) is 13.9. The van der Waals surface area contributed by atoms with Crippen LogP contribution in [0.4, 0.5) is 0 Å². The largest absolute Gasteiger partial charge is 0.231 e. The maximum Gasteiger partial charge on any atom is 0.156 e. The monoisotopic (exact) mass is 300 g/mol. The maximum atomic E-state index is 6.25. The Labute approximate surface area is 127 Å². The Morgan fingerprint density at radius 1 is 0.550 bits per heavy atom. The van der Waals surface area contributed by atoms with E-state index in [0.717, 1.165) is 11.1 Å². The van der Waals surface area contributed by atoms with Gasteiger partial charge in [-0.15, -0.1) is 0 Å². The van der Waals surface area contributed by atoms with Crippen molar-refractivity contribution in [3.63, 3.8) is 0 Å². The van der Waals surface area contributed by atoms with Gasteiger partial charge in [-0.1, -0.05) is 83.9 Å². The van der Waals surface area contributed by atoms with Gasteiger partial charge in [-0.25, -0.2) is 9.97 Å². The van der Waals surface area contributed by atoms with Gasteiger partial charge in [0.25, 0.3) is 0 Å². The van der Waals surface area contributed by atoms with Crippen LogP contribution in [-0.2, 0) is 0 Å². The Kier molecular flexibility index (Phi) is 3.68. The van der Waals surface area contributed by atoms with E-state index in [1.54, 1.807) is 0 Å². The SMILES string of the molecule is Clc1nc(-c2ccccc2)c(Cl)nc1-c1ccccc1. The van der Waals surface area contributed by atoms with Gasteiger partial charge in [0.2, 0.25) is 0 Å². The maximum absolute atomic E-state index is 6.25. The predicted molar refractivity (Wildman–Crippen MR) is 82.9 cm³/mol. The topological polar surface area (TPSA) is 25.8 Å². The first-order chi connectivity index (χ1) is 9.75. The minimum Gasteiger partial charge on any atom is -0.231 e. The highest BCUT2D eigenvalue weighted by Gasteiger charge is 2.13. The molecule has 2 aromatic carbocycles. The van der Waals surface area contributed by atoms with Gasteiger partial charge in [0.1, 0.15) is 11.4 Å². The zero-order valence-corrected chi connectivity index (χ0v) is 11.9. The Hall–Kier alpha value is -1.90. The van der Waals surface area contributed by atoms with Crippen molar-refractivity contribution in [1.82, 2.24) is 9.97 Å². The molecule has 0 aliphatic rings. The molecule has 1 heterocycles. The second-order valence-electron chi connectivity index (χ2n) is 4.23. The molecule has 0 saturated heterocycles. The van der Waals surface area contributed by atoms with Crippen molar-refractivity contribution in [2.45, 2.75) is 0 Å². The lowest BCUT2D eigenvalue weighted by Gasteiger charge is -2.08. The molecule has 0 bridgehead atoms. The lowest BCUT2D eigenvalue weighted by molar-refractivity contribution is 1.21. The summed E-state index contributed by atoms with van der Waals surface area (Å²) < 4.78 is 0. The molecule has 3 rings (SSSR count). The summed E-state index contributed by atoms with van der Waals surface area (Å²) in [6.07, 6.45) is 0. The van der Waals surface area contributed by atoms with Gasteiger partial charge in [-0.2, -0.15) is 0 Å². The first-order valence-corrected chi connectivity index (χ1v) is 6.85. The number of rotatable bonds is 2. The fourth-order valence-corrected chi connectivity index (χ4v) is 2.43. The standard InChI is InChI=1S/C16H10Cl2N2/c17-15-13(11-7-3-1-4-8-11)19-16(18)14(20-15)12-9-5-2-6-10-12/h1-10H. The minimum atomic E-state index is 0.347. The van der Waals surface area contributed by atoms with Gasteiger partial charge >= 0.3 is 0 Å². The van der Waals surface area contributed by atoms with Crippen molar-refractivity contribution in [1.29, 1.82) is 0 Å². The molecule has 0 atom stereocenters. The number of nitrogens with zero attached hydrogens (tertiary/aromatic N) is 2. The van der Waals surface area contributed by atoms with Crippen molar-refractivity contribution in [2.75, 3.05) is 0 Å². The van der Waals surface area contributed by atoms with Crippen LogP contribution in [0.3, 0.4) is 0 Å². The molecule has 0 radical (unpaired) electrons. The van der Waals surface area contributed by atoms with Crippen LogP contribution < -0.4 is 0 Å². The van der Waals surface area contributed by atoms with Crippen LogP contribution in [0.15, 0.2) is 60.7 Å². The van der Waals surface area contributed by atoms with E-state index >= 15 is 0 Å². The fourth-order valence-electron chi connectivity index (χ4n) is 1.95. The van der Waals surface area contributed by atoms with E-state index in [0.29, 0.717) is 21.7 Å². The average molecular weight is 301 g/mol. The second-order valence-corrected chi connectivity index (χ2v) is 4.95. The molecule has 0 unspecified atom stereocenters. The summed E-state index contributed by atoms with van der Waals surface area (Å²) in [6.45, 7) is 0. The number of hydrogen-bond donors (Lipinski definition) is 0. The van der Waals surface area contributed by atoms with Gasteiger partial charge in [0.05, 0.1) is 0 Å². The van der Waals surface area contributed by atoms with Crippen LogP contribution in [0.2, 0.25) is 10.3 Å². The van der Waals surface area contributed by atoms with E-state index in [-0.39, 0.29) is 0 Å². The summed E-state index contributed by atoms with van der Waals surface area (Å²) in [5.74, 6) is 0. The molecule has 98 valence electrons. The van der Waals surface area contributed by atoms with Crippen LogP contribution in [-0.4, -0.2) is 9.97 Å². The molecule has 0 amide bonds. The Balaban J connectivity index is 2.13. The molecule has 0 N–H and O–H groups in total. The third kappa shape index (κ3) is 2.53. The van der Waals surface area contributed by atoms with Crippen LogP contribution in [0.1, 0.15) is 0 Å². The van der Waals surface area contributed by atoms with E-state index in [9.17, 15) is 0 Å². The van der Waals surface area contributed by atoms with Gasteiger partial charge in [0.15, 0.2) is 10.3 Å². The molecule has 20 heavy (non-hydrogen) atoms. The summed E-state index contributed by atoms with van der Waals surface area (Å²) in [5, 5.41) is 0.693. The number of benzene rings is 2. The average Bonchev–Trinajstić information content (AvgIpc) is 2.51. The number of aromatic nitrogens is 2. The van der Waals surface area contributed by atoms with Gasteiger partial charge < -0.3 is 0 Å². The van der Waals surface area contributed by atoms with E-state index in [1.165, 1.54) is 0 Å². The first-order valence-electron chi connectivity index (χ1n) is 6.09. The molecule has 0 spiro atoms. The molecule has 0 fully saturated rings. The van der Waals surface area contributed by atoms with Crippen molar-refractivity contribution < 1.29 is 0 Å². The Morgan fingerprint density at radius 3 is 1.25 bits per heavy atom. The summed E-state index contributed by atoms with van der Waals surface area (Å²) in [7, 11) is 0. The highest BCUT2D eigenvalue weighted by atomic mass is 35.5. The highest BCUT2D eigenvalue weighted by Crippen LogP contribution is 2.31. The Bertz CT molecular complexity index is 663. The van der Waals surface area contributed by atoms with E-state index < -0.39 is 0 Å². The summed E-state index contributed by atoms with van der Waals surface area (Å²) in [4.78, 5) is 8.78. The zero-order valence-electron chi connectivity index (χ0n) is 10.4. The minimum absolute atomic E-state index is 0.347. The first kappa shape index (κ1) is 13.1. The van der Waals surface area contributed by atoms with Crippen molar-refractivity contribution in [2.24, 2.45) is 0 Å².